The van der Waals surface area contributed by atoms with E-state index >= 15 is 0 Å². The number of halogens is 1. The van der Waals surface area contributed by atoms with Gasteiger partial charge >= 0.3 is 0 Å². The molecular formula is C21H22FN5O3. The number of rotatable bonds is 1. The molecule has 3 aromatic rings. The van der Waals surface area contributed by atoms with Crippen molar-refractivity contribution in [3.8, 4) is 17.0 Å². The van der Waals surface area contributed by atoms with Gasteiger partial charge in [-0.25, -0.2) is 8.91 Å². The summed E-state index contributed by atoms with van der Waals surface area (Å²) < 4.78 is 27.4. The summed E-state index contributed by atoms with van der Waals surface area (Å²) in [5, 5.41) is 7.55. The average molecular weight is 411 g/mol. The highest BCUT2D eigenvalue weighted by atomic mass is 19.1. The van der Waals surface area contributed by atoms with Crippen LogP contribution in [-0.2, 0) is 9.53 Å². The Balaban J connectivity index is 1.60. The number of nitrogens with zero attached hydrogens (tertiary/aromatic N) is 4. The van der Waals surface area contributed by atoms with Gasteiger partial charge in [0.05, 0.1) is 11.7 Å². The van der Waals surface area contributed by atoms with E-state index in [0.717, 1.165) is 0 Å². The Labute approximate surface area is 172 Å². The van der Waals surface area contributed by atoms with Crippen molar-refractivity contribution in [3.63, 3.8) is 0 Å². The number of anilines is 1. The number of carbonyl (C=O) groups is 1. The van der Waals surface area contributed by atoms with E-state index in [2.05, 4.69) is 15.4 Å². The second-order valence-corrected chi connectivity index (χ2v) is 7.95. The molecule has 156 valence electrons. The first-order valence-corrected chi connectivity index (χ1v) is 9.83. The fourth-order valence-electron chi connectivity index (χ4n) is 4.26. The van der Waals surface area contributed by atoms with Gasteiger partial charge in [0.1, 0.15) is 18.5 Å². The van der Waals surface area contributed by atoms with E-state index in [1.54, 1.807) is 35.0 Å². The fourth-order valence-corrected chi connectivity index (χ4v) is 4.26. The van der Waals surface area contributed by atoms with Crippen molar-refractivity contribution < 1.29 is 18.7 Å². The fraction of sp³-hybridized carbons (Fsp3) is 0.381. The first kappa shape index (κ1) is 18.8. The van der Waals surface area contributed by atoms with Crippen LogP contribution in [0, 0.1) is 5.82 Å². The average Bonchev–Trinajstić information content (AvgIpc) is 3.25. The second-order valence-electron chi connectivity index (χ2n) is 7.95. The SMILES string of the molecule is CO[C@@H]1CC2(C)COc3ccn4ncc(c4n3)-c3cc(F)cc(c3)NCCN2C1=O. The minimum absolute atomic E-state index is 0.0705. The lowest BCUT2D eigenvalue weighted by Gasteiger charge is -2.34. The topological polar surface area (TPSA) is 81.0 Å². The number of methoxy groups -OCH3 is 1. The Morgan fingerprint density at radius 3 is 3.07 bits per heavy atom. The number of nitrogens with one attached hydrogen (secondary N) is 1. The molecule has 4 bridgehead atoms. The van der Waals surface area contributed by atoms with Gasteiger partial charge in [-0.1, -0.05) is 0 Å². The van der Waals surface area contributed by atoms with Crippen LogP contribution in [0.25, 0.3) is 16.8 Å². The quantitative estimate of drug-likeness (QED) is 0.662. The summed E-state index contributed by atoms with van der Waals surface area (Å²) in [5.74, 6) is -0.0140. The first-order valence-electron chi connectivity index (χ1n) is 9.83. The van der Waals surface area contributed by atoms with Gasteiger partial charge in [0.15, 0.2) is 5.65 Å². The number of fused-ring (bicyclic) bond motifs is 5. The third-order valence-electron chi connectivity index (χ3n) is 5.85. The van der Waals surface area contributed by atoms with E-state index in [4.69, 9.17) is 9.47 Å². The van der Waals surface area contributed by atoms with E-state index < -0.39 is 11.6 Å². The van der Waals surface area contributed by atoms with Crippen LogP contribution in [0.2, 0.25) is 0 Å². The number of aromatic nitrogens is 3. The van der Waals surface area contributed by atoms with Crippen molar-refractivity contribution in [2.45, 2.75) is 25.0 Å². The van der Waals surface area contributed by atoms with Gasteiger partial charge in [0.2, 0.25) is 5.88 Å². The van der Waals surface area contributed by atoms with Crippen LogP contribution in [0.15, 0.2) is 36.7 Å². The highest BCUT2D eigenvalue weighted by Crippen LogP contribution is 2.33. The third kappa shape index (κ3) is 3.06. The minimum atomic E-state index is -0.548. The minimum Gasteiger partial charge on any atom is -0.475 e. The van der Waals surface area contributed by atoms with E-state index in [1.807, 2.05) is 13.0 Å². The summed E-state index contributed by atoms with van der Waals surface area (Å²) in [7, 11) is 1.54. The summed E-state index contributed by atoms with van der Waals surface area (Å²) in [4.78, 5) is 19.2. The van der Waals surface area contributed by atoms with Crippen molar-refractivity contribution in [1.29, 1.82) is 0 Å². The molecule has 8 nitrogen and oxygen atoms in total. The highest BCUT2D eigenvalue weighted by Gasteiger charge is 2.48. The predicted molar refractivity (Wildman–Crippen MR) is 108 cm³/mol. The van der Waals surface area contributed by atoms with Crippen molar-refractivity contribution in [1.82, 2.24) is 19.5 Å². The van der Waals surface area contributed by atoms with Crippen LogP contribution >= 0.6 is 0 Å². The van der Waals surface area contributed by atoms with Crippen molar-refractivity contribution in [2.24, 2.45) is 0 Å². The van der Waals surface area contributed by atoms with E-state index in [0.29, 0.717) is 47.9 Å². The van der Waals surface area contributed by atoms with Crippen molar-refractivity contribution in [3.05, 3.63) is 42.5 Å². The molecule has 9 heteroatoms. The second kappa shape index (κ2) is 6.94. The Kier molecular flexibility index (Phi) is 4.35. The first-order chi connectivity index (χ1) is 14.5. The standard InChI is InChI=1S/C21H22FN5O3/c1-21-10-17(29-2)20(28)26(21)6-4-23-15-8-13(7-14(22)9-15)16-11-24-27-5-3-18(30-12-21)25-19(16)27/h3,5,7-9,11,17,23H,4,6,10,12H2,1-2H3/t17-,21?/m1/s1. The largest absolute Gasteiger partial charge is 0.475 e. The van der Waals surface area contributed by atoms with Gasteiger partial charge in [-0.3, -0.25) is 4.79 Å². The van der Waals surface area contributed by atoms with Crippen molar-refractivity contribution in [2.75, 3.05) is 32.1 Å². The zero-order valence-corrected chi connectivity index (χ0v) is 16.8. The van der Waals surface area contributed by atoms with Gasteiger partial charge in [-0.15, -0.1) is 0 Å². The lowest BCUT2D eigenvalue weighted by atomic mass is 9.99. The van der Waals surface area contributed by atoms with Gasteiger partial charge in [-0.05, 0) is 30.7 Å². The van der Waals surface area contributed by atoms with Crippen molar-refractivity contribution >= 4 is 17.2 Å². The van der Waals surface area contributed by atoms with Crippen LogP contribution < -0.4 is 10.1 Å². The smallest absolute Gasteiger partial charge is 0.252 e. The molecule has 4 heterocycles. The molecule has 2 aliphatic rings. The summed E-state index contributed by atoms with van der Waals surface area (Å²) >= 11 is 0. The monoisotopic (exact) mass is 411 g/mol. The molecule has 0 radical (unpaired) electrons. The third-order valence-corrected chi connectivity index (χ3v) is 5.85. The number of ether oxygens (including phenoxy) is 2. The molecule has 1 N–H and O–H groups in total. The summed E-state index contributed by atoms with van der Waals surface area (Å²) in [6, 6.07) is 6.47. The summed E-state index contributed by atoms with van der Waals surface area (Å²) in [6.07, 6.45) is 3.43. The molecule has 1 aromatic carbocycles. The molecular weight excluding hydrogens is 389 g/mol. The molecule has 1 saturated heterocycles. The Hall–Kier alpha value is -3.20. The maximum Gasteiger partial charge on any atom is 0.252 e. The zero-order chi connectivity index (χ0) is 20.9. The zero-order valence-electron chi connectivity index (χ0n) is 16.8. The van der Waals surface area contributed by atoms with Gasteiger partial charge in [0, 0.05) is 50.1 Å². The lowest BCUT2D eigenvalue weighted by Crippen LogP contribution is -2.49. The van der Waals surface area contributed by atoms with Crippen LogP contribution in [-0.4, -0.2) is 63.9 Å². The molecule has 0 aliphatic carbocycles. The number of amides is 1. The van der Waals surface area contributed by atoms with E-state index in [1.165, 1.54) is 12.1 Å². The Morgan fingerprint density at radius 1 is 1.37 bits per heavy atom. The Morgan fingerprint density at radius 2 is 2.23 bits per heavy atom. The molecule has 0 saturated carbocycles. The summed E-state index contributed by atoms with van der Waals surface area (Å²) in [6.45, 7) is 3.17. The Bertz CT molecular complexity index is 1130. The van der Waals surface area contributed by atoms with Gasteiger partial charge in [-0.2, -0.15) is 10.1 Å². The molecule has 30 heavy (non-hydrogen) atoms. The summed E-state index contributed by atoms with van der Waals surface area (Å²) in [5.41, 5.74) is 2.03. The number of hydrogen-bond donors (Lipinski definition) is 1. The lowest BCUT2D eigenvalue weighted by molar-refractivity contribution is -0.138. The van der Waals surface area contributed by atoms with Gasteiger partial charge < -0.3 is 19.7 Å². The molecule has 5 rings (SSSR count). The maximum atomic E-state index is 14.3. The highest BCUT2D eigenvalue weighted by molar-refractivity contribution is 5.84. The number of carbonyl (C=O) groups excluding carboxylic acids is 1. The molecule has 1 unspecified atom stereocenters. The molecule has 0 spiro atoms. The predicted octanol–water partition coefficient (Wildman–Crippen LogP) is 2.35. The van der Waals surface area contributed by atoms with Crippen LogP contribution in [0.5, 0.6) is 5.88 Å². The van der Waals surface area contributed by atoms with E-state index in [9.17, 15) is 9.18 Å². The normalized spacial score (nSPS) is 23.8. The van der Waals surface area contributed by atoms with Crippen LogP contribution in [0.3, 0.4) is 0 Å². The van der Waals surface area contributed by atoms with Crippen LogP contribution in [0.1, 0.15) is 13.3 Å². The maximum absolute atomic E-state index is 14.3. The molecule has 2 atom stereocenters. The molecule has 2 aliphatic heterocycles. The van der Waals surface area contributed by atoms with Gasteiger partial charge in [0.25, 0.3) is 5.91 Å². The van der Waals surface area contributed by atoms with E-state index in [-0.39, 0.29) is 18.3 Å². The number of hydrogen-bond acceptors (Lipinski definition) is 6. The molecule has 1 fully saturated rings. The molecule has 1 amide bonds. The van der Waals surface area contributed by atoms with Crippen LogP contribution in [0.4, 0.5) is 10.1 Å². The molecule has 2 aromatic heterocycles. The number of benzene rings is 1.